The van der Waals surface area contributed by atoms with Gasteiger partial charge in [-0.3, -0.25) is 4.99 Å². The quantitative estimate of drug-likeness (QED) is 0.861. The van der Waals surface area contributed by atoms with Gasteiger partial charge in [0.05, 0.1) is 19.8 Å². The number of aliphatic hydroxyl groups excluding tert-OH is 2. The van der Waals surface area contributed by atoms with Crippen molar-refractivity contribution in [3.05, 3.63) is 28.8 Å². The van der Waals surface area contributed by atoms with E-state index in [1.165, 1.54) is 11.1 Å². The maximum Gasteiger partial charge on any atom is 0.122 e. The van der Waals surface area contributed by atoms with E-state index in [-0.39, 0.29) is 6.61 Å². The van der Waals surface area contributed by atoms with Gasteiger partial charge in [0, 0.05) is 24.2 Å². The molecule has 0 radical (unpaired) electrons. The van der Waals surface area contributed by atoms with Gasteiger partial charge in [-0.05, 0) is 49.4 Å². The van der Waals surface area contributed by atoms with Gasteiger partial charge in [0.15, 0.2) is 0 Å². The summed E-state index contributed by atoms with van der Waals surface area (Å²) in [7, 11) is 1.64. The molecule has 1 aliphatic rings. The van der Waals surface area contributed by atoms with Gasteiger partial charge in [0.2, 0.25) is 0 Å². The van der Waals surface area contributed by atoms with Crippen LogP contribution in [0, 0.1) is 0 Å². The summed E-state index contributed by atoms with van der Waals surface area (Å²) in [5, 5.41) is 18.9. The van der Waals surface area contributed by atoms with Crippen LogP contribution in [-0.2, 0) is 12.8 Å². The van der Waals surface area contributed by atoms with Crippen LogP contribution in [0.25, 0.3) is 0 Å². The lowest BCUT2D eigenvalue weighted by Gasteiger charge is -2.24. The van der Waals surface area contributed by atoms with Crippen molar-refractivity contribution in [1.82, 2.24) is 0 Å². The predicted molar refractivity (Wildman–Crippen MR) is 79.8 cm³/mol. The zero-order chi connectivity index (χ0) is 14.5. The summed E-state index contributed by atoms with van der Waals surface area (Å²) in [5.74, 6) is 0.786. The number of rotatable bonds is 5. The van der Waals surface area contributed by atoms with Crippen molar-refractivity contribution >= 4 is 5.71 Å². The van der Waals surface area contributed by atoms with Crippen molar-refractivity contribution in [3.8, 4) is 5.75 Å². The fourth-order valence-corrected chi connectivity index (χ4v) is 2.86. The summed E-state index contributed by atoms with van der Waals surface area (Å²) in [6.45, 7) is 2.60. The van der Waals surface area contributed by atoms with E-state index in [2.05, 4.69) is 11.1 Å². The van der Waals surface area contributed by atoms with E-state index in [0.29, 0.717) is 6.42 Å². The van der Waals surface area contributed by atoms with Gasteiger partial charge in [0.25, 0.3) is 0 Å². The van der Waals surface area contributed by atoms with Crippen LogP contribution in [0.1, 0.15) is 36.5 Å². The average Bonchev–Trinajstić information content (AvgIpc) is 2.48. The molecule has 110 valence electrons. The Balaban J connectivity index is 2.48. The second kappa shape index (κ2) is 6.86. The molecule has 1 aliphatic carbocycles. The highest BCUT2D eigenvalue weighted by atomic mass is 16.5. The summed E-state index contributed by atoms with van der Waals surface area (Å²) in [5.41, 5.74) is 4.56. The van der Waals surface area contributed by atoms with Crippen LogP contribution >= 0.6 is 0 Å². The summed E-state index contributed by atoms with van der Waals surface area (Å²) in [4.78, 5) is 4.58. The van der Waals surface area contributed by atoms with Gasteiger partial charge in [-0.25, -0.2) is 0 Å². The first-order chi connectivity index (χ1) is 9.71. The molecule has 0 fully saturated rings. The zero-order valence-corrected chi connectivity index (χ0v) is 12.2. The molecule has 0 heterocycles. The summed E-state index contributed by atoms with van der Waals surface area (Å²) in [6, 6.07) is 4.01. The highest BCUT2D eigenvalue weighted by Crippen LogP contribution is 2.32. The van der Waals surface area contributed by atoms with Crippen molar-refractivity contribution in [2.45, 2.75) is 38.7 Å². The Morgan fingerprint density at radius 2 is 2.15 bits per heavy atom. The maximum absolute atomic E-state index is 9.77. The number of hydrogen-bond acceptors (Lipinski definition) is 4. The third kappa shape index (κ3) is 3.02. The van der Waals surface area contributed by atoms with E-state index < -0.39 is 6.10 Å². The normalized spacial score (nSPS) is 17.9. The average molecular weight is 277 g/mol. The number of aliphatic hydroxyl groups is 2. The summed E-state index contributed by atoms with van der Waals surface area (Å²) >= 11 is 0. The number of hydrogen-bond donors (Lipinski definition) is 2. The smallest absolute Gasteiger partial charge is 0.122 e. The van der Waals surface area contributed by atoms with Crippen LogP contribution in [0.2, 0.25) is 0 Å². The lowest BCUT2D eigenvalue weighted by Crippen LogP contribution is -2.20. The van der Waals surface area contributed by atoms with Crippen LogP contribution in [0.4, 0.5) is 0 Å². The Hall–Kier alpha value is -1.39. The molecular weight excluding hydrogens is 254 g/mol. The molecule has 0 spiro atoms. The molecule has 0 bridgehead atoms. The molecule has 0 aromatic heterocycles. The van der Waals surface area contributed by atoms with Crippen LogP contribution < -0.4 is 4.74 Å². The highest BCUT2D eigenvalue weighted by Gasteiger charge is 2.22. The molecule has 0 saturated heterocycles. The number of aliphatic imine (C=N–C) groups is 1. The minimum atomic E-state index is -0.746. The molecule has 2 N–H and O–H groups in total. The Morgan fingerprint density at radius 1 is 1.35 bits per heavy atom. The van der Waals surface area contributed by atoms with E-state index in [9.17, 15) is 5.11 Å². The van der Waals surface area contributed by atoms with Gasteiger partial charge in [-0.2, -0.15) is 0 Å². The lowest BCUT2D eigenvalue weighted by molar-refractivity contribution is 0.0948. The Morgan fingerprint density at radius 3 is 2.80 bits per heavy atom. The first-order valence-corrected chi connectivity index (χ1v) is 7.22. The molecule has 0 aliphatic heterocycles. The third-order valence-corrected chi connectivity index (χ3v) is 3.76. The molecule has 0 amide bonds. The number of ether oxygens (including phenoxy) is 1. The van der Waals surface area contributed by atoms with E-state index in [1.807, 2.05) is 13.0 Å². The van der Waals surface area contributed by atoms with Crippen molar-refractivity contribution in [3.63, 3.8) is 0 Å². The first-order valence-electron chi connectivity index (χ1n) is 7.22. The number of nitrogens with zero attached hydrogens (tertiary/aromatic N) is 1. The summed E-state index contributed by atoms with van der Waals surface area (Å²) < 4.78 is 5.42. The molecule has 20 heavy (non-hydrogen) atoms. The molecule has 1 unspecified atom stereocenters. The van der Waals surface area contributed by atoms with Crippen molar-refractivity contribution < 1.29 is 14.9 Å². The lowest BCUT2D eigenvalue weighted by atomic mass is 9.84. The number of methoxy groups -OCH3 is 1. The molecule has 1 aromatic carbocycles. The zero-order valence-electron chi connectivity index (χ0n) is 12.2. The molecule has 1 aromatic rings. The summed E-state index contributed by atoms with van der Waals surface area (Å²) in [6.07, 6.45) is 2.73. The molecule has 4 nitrogen and oxygen atoms in total. The third-order valence-electron chi connectivity index (χ3n) is 3.76. The minimum absolute atomic E-state index is 0.233. The molecular formula is C16H23NO3. The van der Waals surface area contributed by atoms with Gasteiger partial charge in [0.1, 0.15) is 5.75 Å². The van der Waals surface area contributed by atoms with E-state index in [4.69, 9.17) is 9.84 Å². The van der Waals surface area contributed by atoms with Crippen LogP contribution in [0.5, 0.6) is 5.75 Å². The number of benzene rings is 1. The standard InChI is InChI=1S/C16H23NO3/c1-3-17-15-6-4-5-12-13(15)7-8-16(20-2)14(12)9-11(19)10-18/h7-8,11,18-19H,3-6,9-10H2,1-2H3. The van der Waals surface area contributed by atoms with Crippen molar-refractivity contribution in [2.75, 3.05) is 20.3 Å². The maximum atomic E-state index is 9.77. The minimum Gasteiger partial charge on any atom is -0.496 e. The van der Waals surface area contributed by atoms with Crippen molar-refractivity contribution in [2.24, 2.45) is 4.99 Å². The van der Waals surface area contributed by atoms with Crippen LogP contribution in [-0.4, -0.2) is 42.3 Å². The SMILES string of the molecule is CCN=C1CCCc2c1ccc(OC)c2CC(O)CO. The fraction of sp³-hybridized carbons (Fsp3) is 0.562. The van der Waals surface area contributed by atoms with Gasteiger partial charge >= 0.3 is 0 Å². The molecule has 4 heteroatoms. The predicted octanol–water partition coefficient (Wildman–Crippen LogP) is 1.74. The topological polar surface area (TPSA) is 62.0 Å². The van der Waals surface area contributed by atoms with Crippen LogP contribution in [0.15, 0.2) is 17.1 Å². The Kier molecular flexibility index (Phi) is 5.15. The first kappa shape index (κ1) is 15.0. The van der Waals surface area contributed by atoms with Gasteiger partial charge < -0.3 is 14.9 Å². The fourth-order valence-electron chi connectivity index (χ4n) is 2.86. The molecule has 1 atom stereocenters. The Bertz CT molecular complexity index is 497. The second-order valence-electron chi connectivity index (χ2n) is 5.09. The van der Waals surface area contributed by atoms with E-state index in [0.717, 1.165) is 42.8 Å². The highest BCUT2D eigenvalue weighted by molar-refractivity contribution is 6.03. The number of fused-ring (bicyclic) bond motifs is 1. The second-order valence-corrected chi connectivity index (χ2v) is 5.09. The van der Waals surface area contributed by atoms with Gasteiger partial charge in [-0.1, -0.05) is 0 Å². The van der Waals surface area contributed by atoms with E-state index in [1.54, 1.807) is 7.11 Å². The van der Waals surface area contributed by atoms with Crippen molar-refractivity contribution in [1.29, 1.82) is 0 Å². The van der Waals surface area contributed by atoms with Crippen LogP contribution in [0.3, 0.4) is 0 Å². The van der Waals surface area contributed by atoms with E-state index >= 15 is 0 Å². The largest absolute Gasteiger partial charge is 0.496 e. The Labute approximate surface area is 120 Å². The van der Waals surface area contributed by atoms with Gasteiger partial charge in [-0.15, -0.1) is 0 Å². The monoisotopic (exact) mass is 277 g/mol. The molecule has 0 saturated carbocycles. The molecule has 2 rings (SSSR count).